The predicted molar refractivity (Wildman–Crippen MR) is 53.7 cm³/mol. The van der Waals surface area contributed by atoms with Gasteiger partial charge in [0, 0.05) is 5.54 Å². The largest absolute Gasteiger partial charge is 0.480 e. The van der Waals surface area contributed by atoms with E-state index < -0.39 is 12.0 Å². The van der Waals surface area contributed by atoms with Crippen LogP contribution >= 0.6 is 0 Å². The van der Waals surface area contributed by atoms with Gasteiger partial charge < -0.3 is 5.11 Å². The summed E-state index contributed by atoms with van der Waals surface area (Å²) in [7, 11) is 0. The lowest BCUT2D eigenvalue weighted by Crippen LogP contribution is -2.50. The molecule has 76 valence electrons. The topological polar surface area (TPSA) is 49.3 Å². The lowest BCUT2D eigenvalue weighted by Gasteiger charge is -2.28. The maximum Gasteiger partial charge on any atom is 0.320 e. The first kappa shape index (κ1) is 12.2. The van der Waals surface area contributed by atoms with Crippen LogP contribution in [-0.2, 0) is 4.79 Å². The Hall–Kier alpha value is -0.830. The van der Waals surface area contributed by atoms with Crippen molar-refractivity contribution in [3.8, 4) is 0 Å². The molecule has 3 heteroatoms. The molecule has 0 aliphatic carbocycles. The van der Waals surface area contributed by atoms with Gasteiger partial charge in [-0.15, -0.1) is 6.58 Å². The van der Waals surface area contributed by atoms with E-state index in [1.807, 2.05) is 27.7 Å². The van der Waals surface area contributed by atoms with Crippen molar-refractivity contribution in [3.63, 3.8) is 0 Å². The molecule has 0 radical (unpaired) electrons. The van der Waals surface area contributed by atoms with Gasteiger partial charge in [-0.2, -0.15) is 0 Å². The van der Waals surface area contributed by atoms with Gasteiger partial charge in [0.25, 0.3) is 0 Å². The number of rotatable bonds is 5. The number of hydrogen-bond donors (Lipinski definition) is 2. The number of carboxylic acid groups (broad SMARTS) is 1. The normalized spacial score (nSPS) is 14.2. The van der Waals surface area contributed by atoms with Crippen molar-refractivity contribution < 1.29 is 9.90 Å². The molecule has 0 fully saturated rings. The Bertz CT molecular complexity index is 197. The van der Waals surface area contributed by atoms with E-state index in [2.05, 4.69) is 11.9 Å². The average molecular weight is 185 g/mol. The minimum Gasteiger partial charge on any atom is -0.480 e. The maximum atomic E-state index is 10.8. The Balaban J connectivity index is 4.43. The molecule has 2 N–H and O–H groups in total. The summed E-state index contributed by atoms with van der Waals surface area (Å²) in [6, 6.07) is -0.520. The highest BCUT2D eigenvalue weighted by Gasteiger charge is 2.26. The van der Waals surface area contributed by atoms with Gasteiger partial charge in [0.15, 0.2) is 0 Å². The Kier molecular flexibility index (Phi) is 4.14. The number of hydrogen-bond acceptors (Lipinski definition) is 2. The van der Waals surface area contributed by atoms with Gasteiger partial charge in [0.1, 0.15) is 6.04 Å². The summed E-state index contributed by atoms with van der Waals surface area (Å²) in [4.78, 5) is 10.8. The number of nitrogens with one attached hydrogen (secondary N) is 1. The molecule has 1 unspecified atom stereocenters. The van der Waals surface area contributed by atoms with Crippen molar-refractivity contribution in [1.29, 1.82) is 0 Å². The molecule has 0 rings (SSSR count). The number of aliphatic carboxylic acids is 1. The molecule has 0 saturated heterocycles. The first-order chi connectivity index (χ1) is 5.80. The molecule has 3 nitrogen and oxygen atoms in total. The minimum atomic E-state index is -0.815. The quantitative estimate of drug-likeness (QED) is 0.640. The van der Waals surface area contributed by atoms with Crippen LogP contribution in [0.2, 0.25) is 0 Å². The molecule has 0 aromatic heterocycles. The molecule has 13 heavy (non-hydrogen) atoms. The molecule has 0 aromatic carbocycles. The zero-order valence-electron chi connectivity index (χ0n) is 8.79. The molecule has 0 aliphatic heterocycles. The second-order valence-corrected chi connectivity index (χ2v) is 4.13. The van der Waals surface area contributed by atoms with E-state index in [1.165, 1.54) is 0 Å². The van der Waals surface area contributed by atoms with Crippen LogP contribution in [0.15, 0.2) is 12.7 Å². The van der Waals surface area contributed by atoms with Gasteiger partial charge >= 0.3 is 5.97 Å². The van der Waals surface area contributed by atoms with Crippen LogP contribution in [0.25, 0.3) is 0 Å². The summed E-state index contributed by atoms with van der Waals surface area (Å²) < 4.78 is 0. The molecule has 0 aromatic rings. The highest BCUT2D eigenvalue weighted by molar-refractivity contribution is 5.73. The van der Waals surface area contributed by atoms with Crippen molar-refractivity contribution >= 4 is 5.97 Å². The Morgan fingerprint density at radius 2 is 2.00 bits per heavy atom. The standard InChI is InChI=1S/C10H19NO2/c1-6-10(4,5)11-8(7(2)3)9(12)13/h6-8,11H,1H2,2-5H3,(H,12,13). The summed E-state index contributed by atoms with van der Waals surface area (Å²) in [5.41, 5.74) is -0.340. The fourth-order valence-corrected chi connectivity index (χ4v) is 0.973. The summed E-state index contributed by atoms with van der Waals surface area (Å²) in [5.74, 6) is -0.748. The van der Waals surface area contributed by atoms with Gasteiger partial charge in [0.05, 0.1) is 0 Å². The predicted octanol–water partition coefficient (Wildman–Crippen LogP) is 1.65. The third-order valence-electron chi connectivity index (χ3n) is 1.97. The van der Waals surface area contributed by atoms with Crippen molar-refractivity contribution in [2.24, 2.45) is 5.92 Å². The Morgan fingerprint density at radius 1 is 1.54 bits per heavy atom. The molecule has 0 amide bonds. The van der Waals surface area contributed by atoms with Crippen molar-refractivity contribution in [3.05, 3.63) is 12.7 Å². The monoisotopic (exact) mass is 185 g/mol. The van der Waals surface area contributed by atoms with Gasteiger partial charge in [0.2, 0.25) is 0 Å². The molecule has 0 heterocycles. The molecule has 0 spiro atoms. The van der Waals surface area contributed by atoms with Crippen LogP contribution in [0.3, 0.4) is 0 Å². The Morgan fingerprint density at radius 3 is 2.23 bits per heavy atom. The molecule has 1 atom stereocenters. The van der Waals surface area contributed by atoms with Gasteiger partial charge in [-0.1, -0.05) is 19.9 Å². The van der Waals surface area contributed by atoms with Crippen molar-refractivity contribution in [1.82, 2.24) is 5.32 Å². The maximum absolute atomic E-state index is 10.8. The number of carboxylic acids is 1. The molecule has 0 bridgehead atoms. The molecular weight excluding hydrogens is 166 g/mol. The molecular formula is C10H19NO2. The van der Waals surface area contributed by atoms with Crippen LogP contribution in [0.5, 0.6) is 0 Å². The van der Waals surface area contributed by atoms with Crippen LogP contribution in [0, 0.1) is 5.92 Å². The number of carbonyl (C=O) groups is 1. The Labute approximate surface area is 79.8 Å². The minimum absolute atomic E-state index is 0.0664. The molecule has 0 aliphatic rings. The lowest BCUT2D eigenvalue weighted by molar-refractivity contribution is -0.141. The van der Waals surface area contributed by atoms with Crippen LogP contribution < -0.4 is 5.32 Å². The van der Waals surface area contributed by atoms with Gasteiger partial charge in [-0.3, -0.25) is 10.1 Å². The van der Waals surface area contributed by atoms with E-state index in [4.69, 9.17) is 5.11 Å². The van der Waals surface area contributed by atoms with E-state index in [0.29, 0.717) is 0 Å². The first-order valence-corrected chi connectivity index (χ1v) is 4.44. The van der Waals surface area contributed by atoms with Crippen molar-refractivity contribution in [2.75, 3.05) is 0 Å². The highest BCUT2D eigenvalue weighted by atomic mass is 16.4. The third-order valence-corrected chi connectivity index (χ3v) is 1.97. The van der Waals surface area contributed by atoms with Crippen molar-refractivity contribution in [2.45, 2.75) is 39.3 Å². The first-order valence-electron chi connectivity index (χ1n) is 4.44. The average Bonchev–Trinajstić information content (AvgIpc) is 1.99. The smallest absolute Gasteiger partial charge is 0.320 e. The van der Waals surface area contributed by atoms with Crippen LogP contribution in [0.1, 0.15) is 27.7 Å². The fourth-order valence-electron chi connectivity index (χ4n) is 0.973. The summed E-state index contributed by atoms with van der Waals surface area (Å²) in [6.07, 6.45) is 1.71. The zero-order chi connectivity index (χ0) is 10.6. The van der Waals surface area contributed by atoms with Crippen LogP contribution in [-0.4, -0.2) is 22.7 Å². The van der Waals surface area contributed by atoms with Crippen LogP contribution in [0.4, 0.5) is 0 Å². The van der Waals surface area contributed by atoms with E-state index in [9.17, 15) is 4.79 Å². The summed E-state index contributed by atoms with van der Waals surface area (Å²) in [6.45, 7) is 11.2. The van der Waals surface area contributed by atoms with Gasteiger partial charge in [-0.05, 0) is 19.8 Å². The van der Waals surface area contributed by atoms with E-state index in [-0.39, 0.29) is 11.5 Å². The molecule has 0 saturated carbocycles. The van der Waals surface area contributed by atoms with E-state index in [1.54, 1.807) is 6.08 Å². The second kappa shape index (κ2) is 4.42. The lowest BCUT2D eigenvalue weighted by atomic mass is 9.98. The summed E-state index contributed by atoms with van der Waals surface area (Å²) >= 11 is 0. The SMILES string of the molecule is C=CC(C)(C)NC(C(=O)O)C(C)C. The zero-order valence-corrected chi connectivity index (χ0v) is 8.79. The second-order valence-electron chi connectivity index (χ2n) is 4.13. The highest BCUT2D eigenvalue weighted by Crippen LogP contribution is 2.10. The third kappa shape index (κ3) is 4.08. The van der Waals surface area contributed by atoms with E-state index >= 15 is 0 Å². The van der Waals surface area contributed by atoms with E-state index in [0.717, 1.165) is 0 Å². The van der Waals surface area contributed by atoms with Gasteiger partial charge in [-0.25, -0.2) is 0 Å². The fraction of sp³-hybridized carbons (Fsp3) is 0.700. The summed E-state index contributed by atoms with van der Waals surface area (Å²) in [5, 5.41) is 11.9.